The van der Waals surface area contributed by atoms with Crippen molar-refractivity contribution in [2.24, 2.45) is 4.99 Å². The highest BCUT2D eigenvalue weighted by Gasteiger charge is 2.09. The number of isocyanates is 1. The van der Waals surface area contributed by atoms with E-state index in [1.807, 2.05) is 54.6 Å². The maximum Gasteiger partial charge on any atom is 0.323 e. The number of anilines is 3. The summed E-state index contributed by atoms with van der Waals surface area (Å²) in [5, 5.41) is 5.68. The molecule has 3 aromatic carbocycles. The van der Waals surface area contributed by atoms with Crippen molar-refractivity contribution in [1.29, 1.82) is 0 Å². The molecule has 0 bridgehead atoms. The summed E-state index contributed by atoms with van der Waals surface area (Å²) in [5.74, 6) is 0. The van der Waals surface area contributed by atoms with Gasteiger partial charge < -0.3 is 16.4 Å². The number of benzene rings is 3. The van der Waals surface area contributed by atoms with Crippen LogP contribution in [0.3, 0.4) is 0 Å². The second kappa shape index (κ2) is 9.16. The number of urea groups is 1. The Morgan fingerprint density at radius 2 is 1.68 bits per heavy atom. The molecule has 0 atom stereocenters. The van der Waals surface area contributed by atoms with Crippen LogP contribution in [-0.4, -0.2) is 12.1 Å². The Morgan fingerprint density at radius 3 is 2.46 bits per heavy atom. The lowest BCUT2D eigenvalue weighted by atomic mass is 10.0. The molecule has 2 amide bonds. The van der Waals surface area contributed by atoms with Gasteiger partial charge in [-0.15, -0.1) is 0 Å². The van der Waals surface area contributed by atoms with Crippen molar-refractivity contribution in [3.8, 4) is 0 Å². The predicted molar refractivity (Wildman–Crippen MR) is 111 cm³/mol. The minimum atomic E-state index is -0.357. The van der Waals surface area contributed by atoms with Crippen molar-refractivity contribution in [3.05, 3.63) is 89.5 Å². The molecule has 0 aliphatic heterocycles. The number of rotatable bonds is 6. The Balaban J connectivity index is 1.71. The maximum atomic E-state index is 12.4. The Bertz CT molecular complexity index is 1030. The normalized spacial score (nSPS) is 10.0. The van der Waals surface area contributed by atoms with Gasteiger partial charge in [-0.05, 0) is 41.0 Å². The third kappa shape index (κ3) is 5.06. The van der Waals surface area contributed by atoms with Crippen molar-refractivity contribution < 1.29 is 9.59 Å². The second-order valence-corrected chi connectivity index (χ2v) is 6.22. The number of carbonyl (C=O) groups is 1. The van der Waals surface area contributed by atoms with E-state index in [0.717, 1.165) is 22.4 Å². The summed E-state index contributed by atoms with van der Waals surface area (Å²) in [6.45, 7) is 0.224. The zero-order valence-electron chi connectivity index (χ0n) is 15.2. The number of nitrogens with two attached hydrogens (primary N) is 1. The van der Waals surface area contributed by atoms with E-state index in [1.54, 1.807) is 18.2 Å². The van der Waals surface area contributed by atoms with E-state index in [1.165, 1.54) is 6.08 Å². The van der Waals surface area contributed by atoms with Gasteiger partial charge in [0.15, 0.2) is 0 Å². The lowest BCUT2D eigenvalue weighted by Gasteiger charge is -2.13. The van der Waals surface area contributed by atoms with Gasteiger partial charge in [0, 0.05) is 23.5 Å². The lowest BCUT2D eigenvalue weighted by Crippen LogP contribution is -2.20. The third-order valence-corrected chi connectivity index (χ3v) is 4.21. The topological polar surface area (TPSA) is 96.6 Å². The molecule has 28 heavy (non-hydrogen) atoms. The molecule has 0 saturated carbocycles. The zero-order valence-corrected chi connectivity index (χ0v) is 15.2. The summed E-state index contributed by atoms with van der Waals surface area (Å²) in [7, 11) is 0. The highest BCUT2D eigenvalue weighted by Crippen LogP contribution is 2.22. The third-order valence-electron chi connectivity index (χ3n) is 4.21. The predicted octanol–water partition coefficient (Wildman–Crippen LogP) is 4.34. The van der Waals surface area contributed by atoms with Gasteiger partial charge in [-0.1, -0.05) is 48.5 Å². The van der Waals surface area contributed by atoms with Crippen LogP contribution in [0.2, 0.25) is 0 Å². The van der Waals surface area contributed by atoms with E-state index < -0.39 is 0 Å². The first kappa shape index (κ1) is 18.9. The number of hydrogen-bond donors (Lipinski definition) is 3. The van der Waals surface area contributed by atoms with Crippen LogP contribution < -0.4 is 16.4 Å². The number of hydrogen-bond acceptors (Lipinski definition) is 4. The molecule has 6 nitrogen and oxygen atoms in total. The molecule has 0 radical (unpaired) electrons. The van der Waals surface area contributed by atoms with Gasteiger partial charge in [0.25, 0.3) is 0 Å². The quantitative estimate of drug-likeness (QED) is 0.341. The summed E-state index contributed by atoms with van der Waals surface area (Å²) in [4.78, 5) is 26.2. The number of amides is 2. The van der Waals surface area contributed by atoms with Crippen LogP contribution >= 0.6 is 0 Å². The molecule has 6 heteroatoms. The van der Waals surface area contributed by atoms with E-state index in [0.29, 0.717) is 17.8 Å². The molecule has 0 heterocycles. The molecule has 0 spiro atoms. The van der Waals surface area contributed by atoms with Gasteiger partial charge in [0.2, 0.25) is 6.08 Å². The van der Waals surface area contributed by atoms with Crippen LogP contribution in [0.1, 0.15) is 16.7 Å². The van der Waals surface area contributed by atoms with E-state index in [4.69, 9.17) is 5.73 Å². The zero-order chi connectivity index (χ0) is 19.8. The molecule has 0 aliphatic carbocycles. The van der Waals surface area contributed by atoms with Crippen LogP contribution in [0.4, 0.5) is 21.9 Å². The number of nitrogen functional groups attached to an aromatic ring is 1. The second-order valence-electron chi connectivity index (χ2n) is 6.22. The Morgan fingerprint density at radius 1 is 0.929 bits per heavy atom. The first-order valence-corrected chi connectivity index (χ1v) is 8.77. The van der Waals surface area contributed by atoms with E-state index in [9.17, 15) is 9.59 Å². The molecule has 0 saturated heterocycles. The van der Waals surface area contributed by atoms with E-state index in [-0.39, 0.29) is 12.6 Å². The average molecular weight is 372 g/mol. The van der Waals surface area contributed by atoms with Crippen molar-refractivity contribution in [2.75, 3.05) is 16.4 Å². The van der Waals surface area contributed by atoms with Crippen molar-refractivity contribution >= 4 is 29.2 Å². The standard InChI is InChI=1S/C22H20N4O2/c23-20-10-3-1-7-17(20)13-18-8-2-4-11-21(18)26-22(28)25-19-9-5-6-16(12-19)14-24-15-27/h1-12H,13-14,23H2,(H2,25,26,28). The highest BCUT2D eigenvalue weighted by atomic mass is 16.2. The van der Waals surface area contributed by atoms with Crippen molar-refractivity contribution in [1.82, 2.24) is 0 Å². The Hall–Kier alpha value is -3.89. The molecule has 0 unspecified atom stereocenters. The van der Waals surface area contributed by atoms with Gasteiger partial charge in [-0.2, -0.15) is 0 Å². The summed E-state index contributed by atoms with van der Waals surface area (Å²) < 4.78 is 0. The number of nitrogens with zero attached hydrogens (tertiary/aromatic N) is 1. The highest BCUT2D eigenvalue weighted by molar-refractivity contribution is 6.00. The first-order chi connectivity index (χ1) is 13.7. The van der Waals surface area contributed by atoms with Crippen molar-refractivity contribution in [3.63, 3.8) is 0 Å². The Kier molecular flexibility index (Phi) is 6.18. The number of aliphatic imine (C=N–C) groups is 1. The minimum absolute atomic E-state index is 0.224. The fourth-order valence-electron chi connectivity index (χ4n) is 2.85. The van der Waals surface area contributed by atoms with Crippen LogP contribution in [0.5, 0.6) is 0 Å². The molecule has 0 aromatic heterocycles. The molecule has 4 N–H and O–H groups in total. The van der Waals surface area contributed by atoms with Gasteiger partial charge in [0.1, 0.15) is 0 Å². The molecule has 140 valence electrons. The van der Waals surface area contributed by atoms with Crippen LogP contribution in [0.25, 0.3) is 0 Å². The minimum Gasteiger partial charge on any atom is -0.398 e. The summed E-state index contributed by atoms with van der Waals surface area (Å²) in [6.07, 6.45) is 2.12. The largest absolute Gasteiger partial charge is 0.398 e. The fraction of sp³-hybridized carbons (Fsp3) is 0.0909. The van der Waals surface area contributed by atoms with Gasteiger partial charge in [0.05, 0.1) is 6.54 Å². The average Bonchev–Trinajstić information content (AvgIpc) is 2.70. The van der Waals surface area contributed by atoms with Crippen molar-refractivity contribution in [2.45, 2.75) is 13.0 Å². The summed E-state index contributed by atoms with van der Waals surface area (Å²) in [6, 6.07) is 22.1. The number of carbonyl (C=O) groups excluding carboxylic acids is 2. The van der Waals surface area contributed by atoms with Gasteiger partial charge in [-0.25, -0.2) is 14.6 Å². The molecule has 0 fully saturated rings. The molecule has 0 aliphatic rings. The fourth-order valence-corrected chi connectivity index (χ4v) is 2.85. The summed E-state index contributed by atoms with van der Waals surface area (Å²) >= 11 is 0. The maximum absolute atomic E-state index is 12.4. The number of nitrogens with one attached hydrogen (secondary N) is 2. The molecular weight excluding hydrogens is 352 g/mol. The monoisotopic (exact) mass is 372 g/mol. The van der Waals surface area contributed by atoms with Gasteiger partial charge in [-0.3, -0.25) is 0 Å². The first-order valence-electron chi connectivity index (χ1n) is 8.77. The van der Waals surface area contributed by atoms with Crippen LogP contribution in [-0.2, 0) is 17.8 Å². The molecule has 3 rings (SSSR count). The summed E-state index contributed by atoms with van der Waals surface area (Å²) in [5.41, 5.74) is 10.9. The molecule has 3 aromatic rings. The molecular formula is C22H20N4O2. The van der Waals surface area contributed by atoms with Crippen LogP contribution in [0.15, 0.2) is 77.8 Å². The van der Waals surface area contributed by atoms with Crippen LogP contribution in [0, 0.1) is 0 Å². The van der Waals surface area contributed by atoms with E-state index in [2.05, 4.69) is 15.6 Å². The number of para-hydroxylation sites is 2. The smallest absolute Gasteiger partial charge is 0.323 e. The lowest BCUT2D eigenvalue weighted by molar-refractivity contribution is 0.262. The van der Waals surface area contributed by atoms with Gasteiger partial charge >= 0.3 is 6.03 Å². The SMILES string of the molecule is Nc1ccccc1Cc1ccccc1NC(=O)Nc1cccc(CN=C=O)c1. The van der Waals surface area contributed by atoms with E-state index >= 15 is 0 Å². The Labute approximate surface area is 163 Å².